The molecule has 0 saturated heterocycles. The zero-order valence-electron chi connectivity index (χ0n) is 7.93. The summed E-state index contributed by atoms with van der Waals surface area (Å²) in [5.74, 6) is 0. The predicted octanol–water partition coefficient (Wildman–Crippen LogP) is 2.82. The lowest BCUT2D eigenvalue weighted by Gasteiger charge is -2.37. The third-order valence-electron chi connectivity index (χ3n) is 2.70. The van der Waals surface area contributed by atoms with Crippen molar-refractivity contribution in [1.82, 2.24) is 4.57 Å². The van der Waals surface area contributed by atoms with E-state index in [1.807, 2.05) is 0 Å². The smallest absolute Gasteiger partial charge is 0.149 e. The SMILES string of the molecule is CC[Si](C)(C)N1C=CCCC1. The van der Waals surface area contributed by atoms with Crippen LogP contribution in [0.1, 0.15) is 19.8 Å². The van der Waals surface area contributed by atoms with Gasteiger partial charge in [0, 0.05) is 6.54 Å². The number of hydrogen-bond acceptors (Lipinski definition) is 1. The van der Waals surface area contributed by atoms with Crippen LogP contribution in [-0.2, 0) is 0 Å². The van der Waals surface area contributed by atoms with E-state index in [-0.39, 0.29) is 0 Å². The molecule has 1 rings (SSSR count). The van der Waals surface area contributed by atoms with Gasteiger partial charge < -0.3 is 4.57 Å². The summed E-state index contributed by atoms with van der Waals surface area (Å²) in [6.45, 7) is 8.50. The van der Waals surface area contributed by atoms with Crippen molar-refractivity contribution in [3.05, 3.63) is 12.3 Å². The molecule has 0 fully saturated rings. The molecule has 0 atom stereocenters. The minimum absolute atomic E-state index is 1.03. The lowest BCUT2D eigenvalue weighted by Crippen LogP contribution is -2.45. The highest BCUT2D eigenvalue weighted by atomic mass is 28.3. The van der Waals surface area contributed by atoms with Crippen LogP contribution < -0.4 is 0 Å². The van der Waals surface area contributed by atoms with E-state index in [0.717, 1.165) is 0 Å². The van der Waals surface area contributed by atoms with E-state index in [1.54, 1.807) is 0 Å². The van der Waals surface area contributed by atoms with Crippen molar-refractivity contribution >= 4 is 8.24 Å². The molecule has 2 heteroatoms. The molecular formula is C9H19NSi. The molecule has 0 aromatic rings. The molecule has 64 valence electrons. The fourth-order valence-electron chi connectivity index (χ4n) is 1.36. The third kappa shape index (κ3) is 2.09. The molecule has 0 aromatic heterocycles. The first-order chi connectivity index (χ1) is 5.17. The van der Waals surface area contributed by atoms with Crippen molar-refractivity contribution in [1.29, 1.82) is 0 Å². The van der Waals surface area contributed by atoms with Gasteiger partial charge in [-0.15, -0.1) is 0 Å². The van der Waals surface area contributed by atoms with Gasteiger partial charge in [-0.05, 0) is 25.1 Å². The van der Waals surface area contributed by atoms with Gasteiger partial charge in [-0.2, -0.15) is 0 Å². The van der Waals surface area contributed by atoms with Gasteiger partial charge in [-0.3, -0.25) is 0 Å². The maximum absolute atomic E-state index is 2.59. The molecule has 0 aliphatic carbocycles. The maximum Gasteiger partial charge on any atom is 0.149 e. The summed E-state index contributed by atoms with van der Waals surface area (Å²) >= 11 is 0. The van der Waals surface area contributed by atoms with Gasteiger partial charge in [-0.25, -0.2) is 0 Å². The highest BCUT2D eigenvalue weighted by Gasteiger charge is 2.25. The van der Waals surface area contributed by atoms with Crippen molar-refractivity contribution in [2.45, 2.75) is 38.9 Å². The predicted molar refractivity (Wildman–Crippen MR) is 53.0 cm³/mol. The molecule has 0 radical (unpaired) electrons. The Kier molecular flexibility index (Phi) is 2.76. The van der Waals surface area contributed by atoms with Gasteiger partial charge in [0.2, 0.25) is 0 Å². The summed E-state index contributed by atoms with van der Waals surface area (Å²) in [6, 6.07) is 1.36. The highest BCUT2D eigenvalue weighted by molar-refractivity contribution is 6.74. The Hall–Kier alpha value is -0.243. The van der Waals surface area contributed by atoms with Crippen molar-refractivity contribution in [3.8, 4) is 0 Å². The molecule has 0 unspecified atom stereocenters. The average Bonchev–Trinajstić information content (AvgIpc) is 2.06. The second kappa shape index (κ2) is 3.44. The van der Waals surface area contributed by atoms with Crippen molar-refractivity contribution < 1.29 is 0 Å². The van der Waals surface area contributed by atoms with Crippen LogP contribution in [0.15, 0.2) is 12.3 Å². The minimum Gasteiger partial charge on any atom is -0.404 e. The zero-order chi connectivity index (χ0) is 8.32. The lowest BCUT2D eigenvalue weighted by molar-refractivity contribution is 0.509. The normalized spacial score (nSPS) is 19.0. The lowest BCUT2D eigenvalue weighted by atomic mass is 10.2. The largest absolute Gasteiger partial charge is 0.404 e. The van der Waals surface area contributed by atoms with Crippen LogP contribution in [0.2, 0.25) is 19.1 Å². The molecule has 0 spiro atoms. The minimum atomic E-state index is -1.03. The van der Waals surface area contributed by atoms with E-state index in [0.29, 0.717) is 0 Å². The fraction of sp³-hybridized carbons (Fsp3) is 0.778. The molecule has 0 aromatic carbocycles. The van der Waals surface area contributed by atoms with Gasteiger partial charge in [0.1, 0.15) is 8.24 Å². The van der Waals surface area contributed by atoms with E-state index < -0.39 is 8.24 Å². The third-order valence-corrected chi connectivity index (χ3v) is 6.36. The zero-order valence-corrected chi connectivity index (χ0v) is 8.93. The summed E-state index contributed by atoms with van der Waals surface area (Å²) in [7, 11) is -1.03. The van der Waals surface area contributed by atoms with Crippen LogP contribution in [-0.4, -0.2) is 19.3 Å². The first kappa shape index (κ1) is 8.85. The Labute approximate surface area is 71.2 Å². The van der Waals surface area contributed by atoms with Crippen LogP contribution in [0.4, 0.5) is 0 Å². The molecule has 0 amide bonds. The van der Waals surface area contributed by atoms with Crippen LogP contribution in [0.3, 0.4) is 0 Å². The molecule has 1 aliphatic rings. The highest BCUT2D eigenvalue weighted by Crippen LogP contribution is 2.19. The Morgan fingerprint density at radius 2 is 2.18 bits per heavy atom. The summed E-state index contributed by atoms with van der Waals surface area (Å²) in [6.07, 6.45) is 7.27. The summed E-state index contributed by atoms with van der Waals surface area (Å²) in [5.41, 5.74) is 0. The second-order valence-corrected chi connectivity index (χ2v) is 8.79. The quantitative estimate of drug-likeness (QED) is 0.575. The first-order valence-electron chi connectivity index (χ1n) is 4.60. The Morgan fingerprint density at radius 1 is 1.45 bits per heavy atom. The van der Waals surface area contributed by atoms with Crippen LogP contribution in [0.5, 0.6) is 0 Å². The number of allylic oxidation sites excluding steroid dienone is 1. The molecular weight excluding hydrogens is 150 g/mol. The summed E-state index contributed by atoms with van der Waals surface area (Å²) in [5, 5.41) is 0. The van der Waals surface area contributed by atoms with Crippen molar-refractivity contribution in [2.24, 2.45) is 0 Å². The maximum atomic E-state index is 2.59. The van der Waals surface area contributed by atoms with E-state index in [4.69, 9.17) is 0 Å². The van der Waals surface area contributed by atoms with Gasteiger partial charge in [-0.1, -0.05) is 26.1 Å². The molecule has 0 N–H and O–H groups in total. The van der Waals surface area contributed by atoms with Crippen LogP contribution in [0, 0.1) is 0 Å². The molecule has 0 saturated carbocycles. The van der Waals surface area contributed by atoms with Gasteiger partial charge in [0.25, 0.3) is 0 Å². The Balaban J connectivity index is 2.57. The summed E-state index contributed by atoms with van der Waals surface area (Å²) < 4.78 is 2.59. The molecule has 0 bridgehead atoms. The standard InChI is InChI=1S/C9H19NSi/c1-4-11(2,3)10-8-6-5-7-9-10/h6,8H,4-5,7,9H2,1-3H3. The number of nitrogens with zero attached hydrogens (tertiary/aromatic N) is 1. The van der Waals surface area contributed by atoms with Gasteiger partial charge >= 0.3 is 0 Å². The topological polar surface area (TPSA) is 3.24 Å². The van der Waals surface area contributed by atoms with Crippen molar-refractivity contribution in [2.75, 3.05) is 6.54 Å². The van der Waals surface area contributed by atoms with Gasteiger partial charge in [0.15, 0.2) is 0 Å². The fourth-order valence-corrected chi connectivity index (χ4v) is 3.04. The van der Waals surface area contributed by atoms with E-state index >= 15 is 0 Å². The number of rotatable bonds is 2. The Morgan fingerprint density at radius 3 is 2.64 bits per heavy atom. The Bertz CT molecular complexity index is 152. The monoisotopic (exact) mass is 169 g/mol. The van der Waals surface area contributed by atoms with Gasteiger partial charge in [0.05, 0.1) is 0 Å². The van der Waals surface area contributed by atoms with E-state index in [9.17, 15) is 0 Å². The van der Waals surface area contributed by atoms with E-state index in [2.05, 4.69) is 36.9 Å². The second-order valence-electron chi connectivity index (χ2n) is 3.89. The first-order valence-corrected chi connectivity index (χ1v) is 7.75. The summed E-state index contributed by atoms with van der Waals surface area (Å²) in [4.78, 5) is 0. The molecule has 1 aliphatic heterocycles. The van der Waals surface area contributed by atoms with Crippen LogP contribution in [0.25, 0.3) is 0 Å². The van der Waals surface area contributed by atoms with Crippen molar-refractivity contribution in [3.63, 3.8) is 0 Å². The van der Waals surface area contributed by atoms with Crippen LogP contribution >= 0.6 is 0 Å². The molecule has 1 heterocycles. The number of hydrogen-bond donors (Lipinski definition) is 0. The molecule has 1 nitrogen and oxygen atoms in total. The van der Waals surface area contributed by atoms with E-state index in [1.165, 1.54) is 25.4 Å². The average molecular weight is 169 g/mol. The molecule has 11 heavy (non-hydrogen) atoms.